The number of terminal acetylenes is 1. The number of nitrogens with one attached hydrogen (secondary N) is 3. The van der Waals surface area contributed by atoms with Crippen LogP contribution in [0.3, 0.4) is 0 Å². The molecule has 5 unspecified atom stereocenters. The SMILES string of the molecule is C.C.C.C.C#CC.CC[C@H]1O[C@@H](n2cnc3c(C)nc(C)nc32)C(N)[C@H]1C.CC[C@H]1O[C@@H](n2cnc3c(C)nc(C)nc32)C(NS(=O)(=O)Oc2ccc([N+](=O)[O-])cc2)[C@H]1C.Cc1nc(C)c2ncn([C@@H]3O[C@H](CO)[C@H](C)C3NS(=O)(=O)CC[C@H]3O[C@@H](n4cnc5c(NC(=O)c6ccccc6)ncnc54)C(O[Si](C)(C)C(C)(C)C)[C@H]3O[P+](=O)O)c2n1.O=[N+]([O-])c1ccc(OS(=O)(=O)Cl)cc1. The molecule has 134 heavy (non-hydrogen) atoms. The maximum absolute atomic E-state index is 14.1. The van der Waals surface area contributed by atoms with Gasteiger partial charge in [-0.2, -0.15) is 21.6 Å². The number of anilines is 1. The molecule has 11 aromatic rings. The van der Waals surface area contributed by atoms with Crippen molar-refractivity contribution in [3.63, 3.8) is 0 Å². The maximum atomic E-state index is 14.1. The molecule has 0 bridgehead atoms. The quantitative estimate of drug-likeness (QED) is 0.00732. The Labute approximate surface area is 784 Å². The van der Waals surface area contributed by atoms with Gasteiger partial charge < -0.3 is 47.9 Å². The summed E-state index contributed by atoms with van der Waals surface area (Å²) in [5, 5.41) is 33.7. The number of ether oxygens (including phenoxy) is 4. The van der Waals surface area contributed by atoms with E-state index in [0.717, 1.165) is 53.4 Å². The number of fused-ring (bicyclic) bond motifs is 4. The Morgan fingerprint density at radius 2 is 1.01 bits per heavy atom. The maximum Gasteiger partial charge on any atom is 0.695 e. The lowest BCUT2D eigenvalue weighted by atomic mass is 9.97. The molecule has 0 spiro atoms. The number of rotatable bonds is 26. The highest BCUT2D eigenvalue weighted by atomic mass is 35.7. The molecule has 4 saturated heterocycles. The number of carbonyl (C=O) groups excluding carboxylic acids is 1. The summed E-state index contributed by atoms with van der Waals surface area (Å²) < 4.78 is 146. The van der Waals surface area contributed by atoms with Crippen LogP contribution in [0.2, 0.25) is 18.1 Å². The van der Waals surface area contributed by atoms with Crippen molar-refractivity contribution in [3.05, 3.63) is 171 Å². The van der Waals surface area contributed by atoms with Crippen molar-refractivity contribution in [3.8, 4) is 23.8 Å². The zero-order chi connectivity index (χ0) is 95.1. The van der Waals surface area contributed by atoms with Gasteiger partial charge in [0.25, 0.3) is 17.3 Å². The van der Waals surface area contributed by atoms with Gasteiger partial charge in [0, 0.05) is 52.1 Å². The van der Waals surface area contributed by atoms with E-state index in [9.17, 15) is 64.8 Å². The molecule has 50 heteroatoms. The minimum Gasteiger partial charge on any atom is -0.406 e. The minimum absolute atomic E-state index is 0. The Morgan fingerprint density at radius 3 is 1.44 bits per heavy atom. The fraction of sp³-hybridized carbons (Fsp3) is 0.512. The third kappa shape index (κ3) is 25.7. The van der Waals surface area contributed by atoms with E-state index in [-0.39, 0.29) is 118 Å². The number of aliphatic hydroxyl groups is 1. The van der Waals surface area contributed by atoms with Crippen LogP contribution >= 0.6 is 18.9 Å². The standard InChI is InChI=1S/C37H49N10O10PSSi.C20H24N6O6S.C14H21N5O.C6H4ClNO5S.C3H4.4CH4/c1-20-25(16-48)55-35(47-18-40-27-21(2)42-22(3)43-33(27)47)26(20)45-59(52,53)15-14-24-29(56-58(50)51)30(57-60(7,8)37(4,5)6)36(54-24)46-19-41-28-31(38-17-39-32(28)46)44-34(49)23-12-10-9-11-13-23;1-5-16-11(2)17(24-33(29,30)32-15-8-6-14(7-9-15)26(27)28)20(31-16)25-10-21-18-12(3)22-13(4)23-19(18)25;1-5-10-7(2)11(15)14(20-10)19-6-16-12-8(3)17-9(4)18-13(12)19;7-14(11,12)13-6-3-1-5(2-4-6)8(9)10;1-3-2;;;;/h9-13,17-20,24-26,29-30,35-36,45,48H,14-16H2,1-8H3,(H-,38,39,44,49,50,51);6-11,16-17,20,24H,5H2,1-4H3;6-7,10-11,14H,5,15H2,1-4H3;1-4H;1H,2H3;4*1H4/p+1/t20-,24+,25+,26?,29-,30?,35+,36+;11-,16+,17?,20+;7-,10+,11?,14+;;;;;;/m000....../s1. The number of hydrogen-bond donors (Lipinski definition) is 6. The Hall–Kier alpha value is -10.7. The minimum atomic E-state index is -4.28. The van der Waals surface area contributed by atoms with Gasteiger partial charge in [0.2, 0.25) is 10.0 Å². The number of aromatic nitrogens is 16. The Bertz CT molecular complexity index is 6340. The first-order valence-electron chi connectivity index (χ1n) is 41.0. The fourth-order valence-electron chi connectivity index (χ4n) is 15.2. The second kappa shape index (κ2) is 45.8. The van der Waals surface area contributed by atoms with Crippen molar-refractivity contribution in [2.75, 3.05) is 17.7 Å². The molecule has 8 aromatic heterocycles. The van der Waals surface area contributed by atoms with Gasteiger partial charge in [0.1, 0.15) is 58.0 Å². The lowest BCUT2D eigenvalue weighted by molar-refractivity contribution is -0.385. The first-order chi connectivity index (χ1) is 61.2. The summed E-state index contributed by atoms with van der Waals surface area (Å²) in [4.78, 5) is 96.2. The summed E-state index contributed by atoms with van der Waals surface area (Å²) in [6.07, 6.45) is 6.67. The highest BCUT2D eigenvalue weighted by Gasteiger charge is 2.56. The molecule has 15 rings (SSSR count). The molecule has 4 aliphatic heterocycles. The van der Waals surface area contributed by atoms with Crippen LogP contribution in [0.1, 0.15) is 181 Å². The predicted molar refractivity (Wildman–Crippen MR) is 504 cm³/mol. The summed E-state index contributed by atoms with van der Waals surface area (Å²) in [6, 6.07) is 16.3. The molecule has 17 atom stereocenters. The molecule has 3 aromatic carbocycles. The molecule has 0 radical (unpaired) electrons. The van der Waals surface area contributed by atoms with Crippen molar-refractivity contribution in [2.45, 2.75) is 251 Å². The number of benzene rings is 3. The van der Waals surface area contributed by atoms with Crippen molar-refractivity contribution < 1.29 is 90.7 Å². The summed E-state index contributed by atoms with van der Waals surface area (Å²) in [5.74, 6) is 2.84. The van der Waals surface area contributed by atoms with Crippen molar-refractivity contribution in [2.24, 2.45) is 23.5 Å². The number of sulfonamides is 1. The van der Waals surface area contributed by atoms with E-state index < -0.39 is 129 Å². The zero-order valence-electron chi connectivity index (χ0n) is 74.0. The van der Waals surface area contributed by atoms with Crippen LogP contribution in [0.5, 0.6) is 11.5 Å². The van der Waals surface area contributed by atoms with Crippen LogP contribution < -0.4 is 28.9 Å². The van der Waals surface area contributed by atoms with Gasteiger partial charge in [-0.1, -0.05) is 103 Å². The third-order valence-electron chi connectivity index (χ3n) is 22.7. The summed E-state index contributed by atoms with van der Waals surface area (Å²) >= 11 is 0. The van der Waals surface area contributed by atoms with E-state index >= 15 is 0 Å². The van der Waals surface area contributed by atoms with Gasteiger partial charge in [0.15, 0.2) is 73.3 Å². The molecule has 0 aliphatic carbocycles. The van der Waals surface area contributed by atoms with E-state index in [0.29, 0.717) is 63.3 Å². The molecule has 0 saturated carbocycles. The average Bonchev–Trinajstić information content (AvgIpc) is 1.58. The number of aliphatic hydroxyl groups excluding tert-OH is 1. The number of halogens is 1. The van der Waals surface area contributed by atoms with E-state index in [2.05, 4.69) is 105 Å². The molecule has 4 fully saturated rings. The fourth-order valence-corrected chi connectivity index (χ4v) is 19.9. The highest BCUT2D eigenvalue weighted by molar-refractivity contribution is 8.10. The number of carbonyl (C=O) groups is 1. The van der Waals surface area contributed by atoms with E-state index in [4.69, 9.17) is 48.5 Å². The lowest BCUT2D eigenvalue weighted by Crippen LogP contribution is -2.49. The second-order valence-electron chi connectivity index (χ2n) is 32.7. The third-order valence-corrected chi connectivity index (χ3v) is 30.6. The van der Waals surface area contributed by atoms with Gasteiger partial charge in [-0.05, 0) is 122 Å². The number of aryl methyl sites for hydroxylation is 6. The summed E-state index contributed by atoms with van der Waals surface area (Å²) in [5.41, 5.74) is 12.9. The normalized spacial score (nSPS) is 22.8. The zero-order valence-corrected chi connectivity index (χ0v) is 79.1. The van der Waals surface area contributed by atoms with Crippen LogP contribution in [0.15, 0.2) is 110 Å². The number of non-ortho nitro benzene ring substituents is 2. The first-order valence-corrected chi connectivity index (χ1v) is 50.3. The average molecular weight is 1980 g/mol. The topological polar surface area (TPSA) is 574 Å². The van der Waals surface area contributed by atoms with Crippen LogP contribution in [-0.2, 0) is 62.1 Å². The Morgan fingerprint density at radius 1 is 0.597 bits per heavy atom. The van der Waals surface area contributed by atoms with Crippen molar-refractivity contribution in [1.82, 2.24) is 87.5 Å². The number of hydrogen-bond acceptors (Lipinski definition) is 34. The summed E-state index contributed by atoms with van der Waals surface area (Å²) in [6.45, 7) is 32.3. The number of amides is 1. The number of nitrogens with zero attached hydrogens (tertiary/aromatic N) is 18. The second-order valence-corrected chi connectivity index (χ2v) is 43.4. The summed E-state index contributed by atoms with van der Waals surface area (Å²) in [7, 11) is -13.6. The van der Waals surface area contributed by atoms with Gasteiger partial charge >= 0.3 is 27.9 Å². The number of nitro groups is 2. The van der Waals surface area contributed by atoms with E-state index in [1.807, 2.05) is 73.1 Å². The smallest absolute Gasteiger partial charge is 0.406 e. The predicted octanol–water partition coefficient (Wildman–Crippen LogP) is 13.0. The van der Waals surface area contributed by atoms with Crippen LogP contribution in [0, 0.1) is 91.9 Å². The van der Waals surface area contributed by atoms with E-state index in [1.54, 1.807) is 91.3 Å². The first kappa shape index (κ1) is 110. The van der Waals surface area contributed by atoms with Gasteiger partial charge in [-0.3, -0.25) is 43.3 Å². The van der Waals surface area contributed by atoms with Crippen LogP contribution in [-0.4, -0.2) is 205 Å². The van der Waals surface area contributed by atoms with Gasteiger partial charge in [-0.25, -0.2) is 72.9 Å². The largest absolute Gasteiger partial charge is 0.695 e. The number of imidazole rings is 4. The van der Waals surface area contributed by atoms with E-state index in [1.165, 1.54) is 43.2 Å². The molecule has 1 amide bonds. The molecule has 730 valence electrons. The van der Waals surface area contributed by atoms with Crippen LogP contribution in [0.25, 0.3) is 44.7 Å². The molecular weight excluding hydrogens is 1860 g/mol. The lowest BCUT2D eigenvalue weighted by Gasteiger charge is -2.40. The van der Waals surface area contributed by atoms with Crippen molar-refractivity contribution in [1.29, 1.82) is 0 Å². The van der Waals surface area contributed by atoms with Gasteiger partial charge in [-0.15, -0.1) is 21.8 Å². The Balaban J connectivity index is 0.000000275. The molecule has 12 heterocycles. The molecule has 7 N–H and O–H groups in total. The van der Waals surface area contributed by atoms with Crippen molar-refractivity contribution >= 4 is 125 Å². The number of nitro benzene ring substituents is 2. The van der Waals surface area contributed by atoms with Crippen LogP contribution in [0.4, 0.5) is 17.2 Å². The Kier molecular flexibility index (Phi) is 37.7. The monoisotopic (exact) mass is 1980 g/mol. The highest BCUT2D eigenvalue weighted by Crippen LogP contribution is 2.47. The molecular formula is C84H119ClN22O22PS3Si+. The number of nitrogens with two attached hydrogens (primary N) is 1. The molecule has 44 nitrogen and oxygen atoms in total. The molecule has 4 aliphatic rings. The van der Waals surface area contributed by atoms with Gasteiger partial charge in [0.05, 0.1) is 118 Å².